The number of likely N-dealkylation sites (tertiary alicyclic amines) is 2. The van der Waals surface area contributed by atoms with Gasteiger partial charge in [-0.3, -0.25) is 0 Å². The van der Waals surface area contributed by atoms with E-state index in [0.29, 0.717) is 30.7 Å². The fourth-order valence-electron chi connectivity index (χ4n) is 6.31. The Morgan fingerprint density at radius 1 is 0.912 bits per heavy atom. The van der Waals surface area contributed by atoms with E-state index in [0.717, 1.165) is 62.9 Å². The maximum absolute atomic E-state index is 12.9. The van der Waals surface area contributed by atoms with Gasteiger partial charge in [0.25, 0.3) is 0 Å². The number of rotatable bonds is 3. The Morgan fingerprint density at radius 3 is 2.09 bits per heavy atom. The van der Waals surface area contributed by atoms with Crippen LogP contribution in [0.4, 0.5) is 23.8 Å². The van der Waals surface area contributed by atoms with Gasteiger partial charge in [-0.2, -0.15) is 13.2 Å². The Labute approximate surface area is 194 Å². The van der Waals surface area contributed by atoms with Crippen molar-refractivity contribution in [3.8, 4) is 0 Å². The van der Waals surface area contributed by atoms with Crippen LogP contribution in [0.5, 0.6) is 0 Å². The predicted octanol–water partition coefficient (Wildman–Crippen LogP) is 3.22. The molecule has 34 heavy (non-hydrogen) atoms. The van der Waals surface area contributed by atoms with E-state index in [9.17, 15) is 18.0 Å². The standard InChI is InChI=1S/C23H26F3N7O/c24-23(25,26)16-3-4-17(27-7-16)31-10-22(11-31)12-33(13-22)20(34)32-8-21(9-32)5-15(6-21)19-28-18(29-30-19)14-1-2-14/h3-4,7,14-15H,1-2,5-6,8-13H2,(H,28,29,30). The lowest BCUT2D eigenvalue weighted by molar-refractivity contribution is -0.137. The summed E-state index contributed by atoms with van der Waals surface area (Å²) in [7, 11) is 0. The maximum Gasteiger partial charge on any atom is 0.417 e. The summed E-state index contributed by atoms with van der Waals surface area (Å²) >= 11 is 0. The summed E-state index contributed by atoms with van der Waals surface area (Å²) < 4.78 is 38.2. The van der Waals surface area contributed by atoms with Crippen LogP contribution in [0.25, 0.3) is 0 Å². The van der Waals surface area contributed by atoms with Gasteiger partial charge in [0.05, 0.1) is 5.56 Å². The summed E-state index contributed by atoms with van der Waals surface area (Å²) in [5.41, 5.74) is -0.437. The molecule has 2 amide bonds. The van der Waals surface area contributed by atoms with Gasteiger partial charge in [0.1, 0.15) is 17.5 Å². The number of pyridine rings is 1. The highest BCUT2D eigenvalue weighted by Gasteiger charge is 2.58. The van der Waals surface area contributed by atoms with E-state index in [-0.39, 0.29) is 16.9 Å². The minimum Gasteiger partial charge on any atom is -0.355 e. The number of nitrogens with one attached hydrogen (secondary N) is 1. The van der Waals surface area contributed by atoms with Gasteiger partial charge in [0.2, 0.25) is 0 Å². The maximum atomic E-state index is 12.9. The van der Waals surface area contributed by atoms with Gasteiger partial charge in [-0.15, -0.1) is 10.2 Å². The second-order valence-corrected chi connectivity index (χ2v) is 11.2. The number of carbonyl (C=O) groups excluding carboxylic acids is 1. The van der Waals surface area contributed by atoms with E-state index in [1.165, 1.54) is 18.9 Å². The van der Waals surface area contributed by atoms with Crippen molar-refractivity contribution in [2.45, 2.75) is 43.7 Å². The molecule has 180 valence electrons. The molecule has 0 unspecified atom stereocenters. The topological polar surface area (TPSA) is 81.2 Å². The molecule has 7 rings (SSSR count). The summed E-state index contributed by atoms with van der Waals surface area (Å²) in [4.78, 5) is 26.1. The fourth-order valence-corrected chi connectivity index (χ4v) is 6.31. The van der Waals surface area contributed by atoms with Crippen LogP contribution in [0.15, 0.2) is 18.3 Å². The van der Waals surface area contributed by atoms with E-state index in [1.54, 1.807) is 0 Å². The van der Waals surface area contributed by atoms with Crippen molar-refractivity contribution in [1.29, 1.82) is 0 Å². The van der Waals surface area contributed by atoms with Crippen molar-refractivity contribution in [3.63, 3.8) is 0 Å². The second kappa shape index (κ2) is 6.63. The molecule has 0 atom stereocenters. The number of amides is 2. The first-order valence-electron chi connectivity index (χ1n) is 12.0. The zero-order valence-electron chi connectivity index (χ0n) is 18.7. The molecule has 2 aromatic rings. The van der Waals surface area contributed by atoms with Crippen LogP contribution in [0.1, 0.15) is 54.7 Å². The van der Waals surface area contributed by atoms with Crippen molar-refractivity contribution in [2.75, 3.05) is 44.2 Å². The van der Waals surface area contributed by atoms with E-state index < -0.39 is 11.7 Å². The van der Waals surface area contributed by atoms with Gasteiger partial charge in [-0.05, 0) is 37.8 Å². The highest BCUT2D eigenvalue weighted by atomic mass is 19.4. The Morgan fingerprint density at radius 2 is 1.53 bits per heavy atom. The van der Waals surface area contributed by atoms with Crippen molar-refractivity contribution in [2.24, 2.45) is 10.8 Å². The molecule has 3 aliphatic heterocycles. The van der Waals surface area contributed by atoms with E-state index in [2.05, 4.69) is 20.2 Å². The smallest absolute Gasteiger partial charge is 0.355 e. The van der Waals surface area contributed by atoms with Crippen LogP contribution >= 0.6 is 0 Å². The molecule has 8 nitrogen and oxygen atoms in total. The first-order chi connectivity index (χ1) is 16.2. The number of nitrogens with zero attached hydrogens (tertiary/aromatic N) is 6. The lowest BCUT2D eigenvalue weighted by Crippen LogP contribution is -2.76. The molecule has 11 heteroatoms. The van der Waals surface area contributed by atoms with Crippen LogP contribution in [0.3, 0.4) is 0 Å². The molecule has 0 bridgehead atoms. The zero-order chi connectivity index (χ0) is 23.3. The Kier molecular flexibility index (Phi) is 4.00. The van der Waals surface area contributed by atoms with Gasteiger partial charge in [-0.1, -0.05) is 0 Å². The molecule has 2 spiro atoms. The van der Waals surface area contributed by atoms with E-state index >= 15 is 0 Å². The summed E-state index contributed by atoms with van der Waals surface area (Å²) in [6, 6.07) is 2.61. The number of aromatic nitrogens is 4. The van der Waals surface area contributed by atoms with Crippen molar-refractivity contribution in [1.82, 2.24) is 30.0 Å². The lowest BCUT2D eigenvalue weighted by Gasteiger charge is -2.63. The number of alkyl halides is 3. The summed E-state index contributed by atoms with van der Waals surface area (Å²) in [6.07, 6.45) is 1.06. The first kappa shape index (κ1) is 20.5. The number of halogens is 3. The Balaban J connectivity index is 0.866. The molecule has 0 aromatic carbocycles. The SMILES string of the molecule is O=C(N1CC2(CC(c3nnc(C4CC4)[nH]3)C2)C1)N1CC2(C1)CN(c1ccc(C(F)(F)F)cn1)C2. The predicted molar refractivity (Wildman–Crippen MR) is 115 cm³/mol. The number of hydrogen-bond acceptors (Lipinski definition) is 5. The van der Waals surface area contributed by atoms with Crippen LogP contribution in [0.2, 0.25) is 0 Å². The third-order valence-corrected chi connectivity index (χ3v) is 8.33. The molecule has 3 saturated heterocycles. The molecule has 1 N–H and O–H groups in total. The number of hydrogen-bond donors (Lipinski definition) is 1. The molecule has 2 aromatic heterocycles. The van der Waals surface area contributed by atoms with Crippen LogP contribution < -0.4 is 4.90 Å². The van der Waals surface area contributed by atoms with E-state index in [1.807, 2.05) is 14.7 Å². The normalized spacial score (nSPS) is 25.1. The zero-order valence-corrected chi connectivity index (χ0v) is 18.7. The van der Waals surface area contributed by atoms with Gasteiger partial charge in [0.15, 0.2) is 0 Å². The molecular formula is C23H26F3N7O. The minimum atomic E-state index is -4.37. The Bertz CT molecular complexity index is 1110. The number of aromatic amines is 1. The summed E-state index contributed by atoms with van der Waals surface area (Å²) in [6.45, 7) is 4.49. The third kappa shape index (κ3) is 3.19. The highest BCUT2D eigenvalue weighted by molar-refractivity contribution is 5.77. The second-order valence-electron chi connectivity index (χ2n) is 11.2. The average molecular weight is 474 g/mol. The van der Waals surface area contributed by atoms with Gasteiger partial charge < -0.3 is 19.7 Å². The van der Waals surface area contributed by atoms with Crippen LogP contribution in [-0.2, 0) is 6.18 Å². The van der Waals surface area contributed by atoms with Crippen molar-refractivity contribution >= 4 is 11.8 Å². The number of H-pyrrole nitrogens is 1. The van der Waals surface area contributed by atoms with Gasteiger partial charge >= 0.3 is 12.2 Å². The number of anilines is 1. The molecule has 2 saturated carbocycles. The lowest BCUT2D eigenvalue weighted by atomic mass is 9.57. The molecule has 2 aliphatic carbocycles. The monoisotopic (exact) mass is 473 g/mol. The molecule has 0 radical (unpaired) electrons. The van der Waals surface area contributed by atoms with Gasteiger partial charge in [0, 0.05) is 68.1 Å². The van der Waals surface area contributed by atoms with Crippen LogP contribution in [-0.4, -0.2) is 75.3 Å². The summed E-state index contributed by atoms with van der Waals surface area (Å²) in [5, 5.41) is 8.64. The first-order valence-corrected chi connectivity index (χ1v) is 12.0. The van der Waals surface area contributed by atoms with Gasteiger partial charge in [-0.25, -0.2) is 9.78 Å². The van der Waals surface area contributed by atoms with E-state index in [4.69, 9.17) is 0 Å². The Hall–Kier alpha value is -2.85. The fraction of sp³-hybridized carbons (Fsp3) is 0.652. The number of carbonyl (C=O) groups is 1. The largest absolute Gasteiger partial charge is 0.417 e. The molecule has 5 aliphatic rings. The number of urea groups is 1. The van der Waals surface area contributed by atoms with Crippen LogP contribution in [0, 0.1) is 10.8 Å². The third-order valence-electron chi connectivity index (χ3n) is 8.33. The minimum absolute atomic E-state index is 0.0513. The highest BCUT2D eigenvalue weighted by Crippen LogP contribution is 2.56. The quantitative estimate of drug-likeness (QED) is 0.741. The van der Waals surface area contributed by atoms with Crippen molar-refractivity contribution in [3.05, 3.63) is 35.5 Å². The molecular weight excluding hydrogens is 447 g/mol. The average Bonchev–Trinajstić information content (AvgIpc) is 3.41. The molecule has 5 heterocycles. The molecule has 5 fully saturated rings. The van der Waals surface area contributed by atoms with Crippen molar-refractivity contribution < 1.29 is 18.0 Å². The summed E-state index contributed by atoms with van der Waals surface area (Å²) in [5.74, 6) is 3.63.